The van der Waals surface area contributed by atoms with E-state index in [4.69, 9.17) is 29.2 Å². The Labute approximate surface area is 293 Å². The number of aliphatic hydroxyl groups is 2. The first-order valence-corrected chi connectivity index (χ1v) is 18.3. The van der Waals surface area contributed by atoms with Gasteiger partial charge in [0, 0.05) is 52.5 Å². The van der Waals surface area contributed by atoms with Crippen LogP contribution in [0.4, 0.5) is 0 Å². The molecule has 0 saturated heterocycles. The van der Waals surface area contributed by atoms with E-state index in [-0.39, 0.29) is 13.2 Å². The van der Waals surface area contributed by atoms with Gasteiger partial charge in [-0.05, 0) is 83.3 Å². The molecule has 5 rings (SSSR count). The van der Waals surface area contributed by atoms with E-state index in [2.05, 4.69) is 84.9 Å². The summed E-state index contributed by atoms with van der Waals surface area (Å²) in [6.07, 6.45) is 9.74. The summed E-state index contributed by atoms with van der Waals surface area (Å²) >= 11 is 0. The fraction of sp³-hybridized carbons (Fsp3) is 0.442. The van der Waals surface area contributed by atoms with E-state index in [1.54, 1.807) is 0 Å². The highest BCUT2D eigenvalue weighted by Gasteiger charge is 2.46. The second kappa shape index (κ2) is 20.1. The molecule has 0 radical (unpaired) electrons. The van der Waals surface area contributed by atoms with E-state index in [0.29, 0.717) is 26.4 Å². The Bertz CT molecular complexity index is 1420. The molecule has 0 aliphatic heterocycles. The smallest absolute Gasteiger partial charge is 0.119 e. The van der Waals surface area contributed by atoms with Gasteiger partial charge in [-0.25, -0.2) is 0 Å². The number of fused-ring (bicyclic) bond motifs is 3. The van der Waals surface area contributed by atoms with Crippen molar-refractivity contribution in [3.05, 3.63) is 119 Å². The van der Waals surface area contributed by atoms with Crippen molar-refractivity contribution in [2.45, 2.75) is 69.6 Å². The molecule has 4 aromatic carbocycles. The second-order valence-electron chi connectivity index (χ2n) is 12.8. The number of benzene rings is 4. The molecule has 1 aliphatic carbocycles. The summed E-state index contributed by atoms with van der Waals surface area (Å²) in [7, 11) is 0. The van der Waals surface area contributed by atoms with E-state index < -0.39 is 5.41 Å². The predicted octanol–water partition coefficient (Wildman–Crippen LogP) is 8.73. The van der Waals surface area contributed by atoms with Crippen molar-refractivity contribution in [1.82, 2.24) is 0 Å². The topological polar surface area (TPSA) is 77.4 Å². The Morgan fingerprint density at radius 1 is 0.408 bits per heavy atom. The van der Waals surface area contributed by atoms with Gasteiger partial charge in [0.1, 0.15) is 11.5 Å². The Hall–Kier alpha value is -3.68. The molecule has 49 heavy (non-hydrogen) atoms. The van der Waals surface area contributed by atoms with Crippen LogP contribution in [-0.2, 0) is 14.9 Å². The third-order valence-electron chi connectivity index (χ3n) is 9.28. The van der Waals surface area contributed by atoms with Gasteiger partial charge in [-0.3, -0.25) is 0 Å². The van der Waals surface area contributed by atoms with Gasteiger partial charge in [-0.2, -0.15) is 0 Å². The van der Waals surface area contributed by atoms with E-state index >= 15 is 0 Å². The fourth-order valence-corrected chi connectivity index (χ4v) is 6.91. The first-order chi connectivity index (χ1) is 24.3. The number of aliphatic hydroxyl groups excluding tert-OH is 2. The standard InChI is InChI=1S/C43H54O6/c44-25-9-1-3-11-27-46-29-15-31-48-37-19-13-17-35(33-37)43(41-23-7-5-21-39(41)40-22-6-8-24-42(40)43)36-18-14-20-38(34-36)49-32-16-30-47-28-12-4-2-10-26-45/h5-8,13-14,17-24,33-34,44-45H,1-4,9-12,15-16,25-32H2. The minimum atomic E-state index is -0.537. The largest absolute Gasteiger partial charge is 0.493 e. The van der Waals surface area contributed by atoms with Crippen LogP contribution in [-0.4, -0.2) is 63.1 Å². The highest BCUT2D eigenvalue weighted by molar-refractivity contribution is 5.86. The maximum absolute atomic E-state index is 8.93. The van der Waals surface area contributed by atoms with Gasteiger partial charge in [0.15, 0.2) is 0 Å². The van der Waals surface area contributed by atoms with Crippen molar-refractivity contribution < 1.29 is 29.2 Å². The van der Waals surface area contributed by atoms with Gasteiger partial charge in [-0.15, -0.1) is 0 Å². The van der Waals surface area contributed by atoms with Crippen LogP contribution in [0.25, 0.3) is 11.1 Å². The van der Waals surface area contributed by atoms with Crippen LogP contribution < -0.4 is 9.47 Å². The van der Waals surface area contributed by atoms with Crippen molar-refractivity contribution in [2.24, 2.45) is 0 Å². The number of ether oxygens (including phenoxy) is 4. The molecule has 0 saturated carbocycles. The van der Waals surface area contributed by atoms with Crippen LogP contribution in [0.15, 0.2) is 97.1 Å². The summed E-state index contributed by atoms with van der Waals surface area (Å²) in [5.74, 6) is 1.70. The van der Waals surface area contributed by atoms with Crippen LogP contribution in [0.2, 0.25) is 0 Å². The fourth-order valence-electron chi connectivity index (χ4n) is 6.91. The zero-order valence-electron chi connectivity index (χ0n) is 29.0. The zero-order valence-corrected chi connectivity index (χ0v) is 29.0. The summed E-state index contributed by atoms with van der Waals surface area (Å²) in [6.45, 7) is 4.58. The van der Waals surface area contributed by atoms with Gasteiger partial charge >= 0.3 is 0 Å². The minimum Gasteiger partial charge on any atom is -0.493 e. The molecular formula is C43H54O6. The summed E-state index contributed by atoms with van der Waals surface area (Å²) in [5, 5.41) is 17.9. The first kappa shape index (κ1) is 36.6. The molecule has 0 atom stereocenters. The van der Waals surface area contributed by atoms with Gasteiger partial charge in [0.05, 0.1) is 18.6 Å². The normalized spacial score (nSPS) is 12.9. The molecule has 0 amide bonds. The molecule has 0 aromatic heterocycles. The van der Waals surface area contributed by atoms with Crippen LogP contribution in [0, 0.1) is 0 Å². The summed E-state index contributed by atoms with van der Waals surface area (Å²) in [4.78, 5) is 0. The molecule has 0 heterocycles. The molecule has 262 valence electrons. The number of hydrogen-bond acceptors (Lipinski definition) is 6. The maximum Gasteiger partial charge on any atom is 0.119 e. The Balaban J connectivity index is 1.29. The predicted molar refractivity (Wildman–Crippen MR) is 197 cm³/mol. The van der Waals surface area contributed by atoms with E-state index in [1.807, 2.05) is 12.1 Å². The quantitative estimate of drug-likeness (QED) is 0.0642. The SMILES string of the molecule is OCCCCCCOCCCOc1cccc(C2(c3cccc(OCCCOCCCCCCO)c3)c3ccccc3-c3ccccc32)c1. The lowest BCUT2D eigenvalue weighted by Gasteiger charge is -2.34. The summed E-state index contributed by atoms with van der Waals surface area (Å²) in [6, 6.07) is 34.7. The highest BCUT2D eigenvalue weighted by Crippen LogP contribution is 2.56. The zero-order chi connectivity index (χ0) is 34.0. The second-order valence-corrected chi connectivity index (χ2v) is 12.8. The maximum atomic E-state index is 8.93. The Morgan fingerprint density at radius 3 is 1.31 bits per heavy atom. The molecule has 0 spiro atoms. The van der Waals surface area contributed by atoms with E-state index in [1.165, 1.54) is 22.3 Å². The summed E-state index contributed by atoms with van der Waals surface area (Å²) in [5.41, 5.74) is 6.78. The molecule has 6 nitrogen and oxygen atoms in total. The highest BCUT2D eigenvalue weighted by atomic mass is 16.5. The van der Waals surface area contributed by atoms with Crippen molar-refractivity contribution in [2.75, 3.05) is 52.9 Å². The molecule has 4 aromatic rings. The average Bonchev–Trinajstić information content (AvgIpc) is 3.45. The summed E-state index contributed by atoms with van der Waals surface area (Å²) < 4.78 is 24.3. The first-order valence-electron chi connectivity index (χ1n) is 18.3. The molecule has 2 N–H and O–H groups in total. The lowest BCUT2D eigenvalue weighted by Crippen LogP contribution is -2.28. The third-order valence-corrected chi connectivity index (χ3v) is 9.28. The minimum absolute atomic E-state index is 0.269. The van der Waals surface area contributed by atoms with Crippen molar-refractivity contribution in [1.29, 1.82) is 0 Å². The molecule has 1 aliphatic rings. The molecule has 6 heteroatoms. The monoisotopic (exact) mass is 666 g/mol. The molecule has 0 unspecified atom stereocenters. The number of hydrogen-bond donors (Lipinski definition) is 2. The lowest BCUT2D eigenvalue weighted by molar-refractivity contribution is 0.115. The van der Waals surface area contributed by atoms with Crippen molar-refractivity contribution >= 4 is 0 Å². The van der Waals surface area contributed by atoms with Crippen LogP contribution in [0.1, 0.15) is 86.5 Å². The lowest BCUT2D eigenvalue weighted by atomic mass is 9.67. The van der Waals surface area contributed by atoms with E-state index in [9.17, 15) is 0 Å². The third kappa shape index (κ3) is 9.73. The number of unbranched alkanes of at least 4 members (excludes halogenated alkanes) is 6. The van der Waals surface area contributed by atoms with Crippen molar-refractivity contribution in [3.63, 3.8) is 0 Å². The van der Waals surface area contributed by atoms with Gasteiger partial charge < -0.3 is 29.2 Å². The molecule has 0 fully saturated rings. The van der Waals surface area contributed by atoms with Crippen LogP contribution >= 0.6 is 0 Å². The number of rotatable bonds is 24. The molecular weight excluding hydrogens is 612 g/mol. The van der Waals surface area contributed by atoms with Crippen LogP contribution in [0.5, 0.6) is 11.5 Å². The van der Waals surface area contributed by atoms with Gasteiger partial charge in [0.2, 0.25) is 0 Å². The van der Waals surface area contributed by atoms with E-state index in [0.717, 1.165) is 100 Å². The van der Waals surface area contributed by atoms with Crippen molar-refractivity contribution in [3.8, 4) is 22.6 Å². The average molecular weight is 667 g/mol. The Morgan fingerprint density at radius 2 is 0.837 bits per heavy atom. The molecule has 0 bridgehead atoms. The van der Waals surface area contributed by atoms with Gasteiger partial charge in [0.25, 0.3) is 0 Å². The van der Waals surface area contributed by atoms with Gasteiger partial charge in [-0.1, -0.05) is 98.5 Å². The van der Waals surface area contributed by atoms with Crippen LogP contribution in [0.3, 0.4) is 0 Å². The Kier molecular flexibility index (Phi) is 15.0.